The van der Waals surface area contributed by atoms with Crippen LogP contribution < -0.4 is 16.0 Å². The predicted molar refractivity (Wildman–Crippen MR) is 119 cm³/mol. The molecular formula is C21H23N3O4S2. The van der Waals surface area contributed by atoms with Crippen LogP contribution in [0, 0.1) is 0 Å². The summed E-state index contributed by atoms with van der Waals surface area (Å²) in [5.74, 6) is 0.264. The first kappa shape index (κ1) is 20.9. The largest absolute Gasteiger partial charge is 0.497 e. The maximum atomic E-state index is 13.7. The Bertz CT molecular complexity index is 1170. The van der Waals surface area contributed by atoms with Crippen LogP contribution in [-0.4, -0.2) is 33.9 Å². The maximum absolute atomic E-state index is 13.7. The maximum Gasteiger partial charge on any atom is 0.267 e. The average molecular weight is 446 g/mol. The molecule has 3 heterocycles. The van der Waals surface area contributed by atoms with Crippen molar-refractivity contribution in [2.45, 2.75) is 44.1 Å². The number of carbonyl (C=O) groups is 1. The molecule has 0 bridgehead atoms. The van der Waals surface area contributed by atoms with Gasteiger partial charge in [0.05, 0.1) is 36.1 Å². The third kappa shape index (κ3) is 3.73. The molecule has 4 rings (SSSR count). The van der Waals surface area contributed by atoms with Crippen LogP contribution in [0.3, 0.4) is 0 Å². The fourth-order valence-corrected chi connectivity index (χ4v) is 5.42. The van der Waals surface area contributed by atoms with Gasteiger partial charge in [0.2, 0.25) is 5.91 Å². The van der Waals surface area contributed by atoms with E-state index in [1.165, 1.54) is 11.3 Å². The minimum atomic E-state index is -0.465. The summed E-state index contributed by atoms with van der Waals surface area (Å²) in [5.41, 5.74) is 6.58. The standard InChI is InChI=1S/C21H23N3O4S2/c1-4-21(2)9-14-15(10-28-21)30-18-17(14)19(26)24(20(23-18)29-11-16(22)25)12-5-7-13(27-3)8-6-12/h5-8H,4,9-11H2,1-3H3,(H2,22,25)/t21-/m0/s1. The summed E-state index contributed by atoms with van der Waals surface area (Å²) in [6, 6.07) is 7.19. The van der Waals surface area contributed by atoms with Crippen LogP contribution in [-0.2, 0) is 22.6 Å². The Balaban J connectivity index is 1.93. The Labute approximate surface area is 182 Å². The van der Waals surface area contributed by atoms with Crippen LogP contribution in [0.2, 0.25) is 0 Å². The molecule has 2 aromatic heterocycles. The van der Waals surface area contributed by atoms with Gasteiger partial charge in [-0.25, -0.2) is 4.98 Å². The molecule has 158 valence electrons. The molecule has 0 spiro atoms. The summed E-state index contributed by atoms with van der Waals surface area (Å²) in [6.07, 6.45) is 1.53. The number of carbonyl (C=O) groups excluding carboxylic acids is 1. The van der Waals surface area contributed by atoms with Crippen LogP contribution in [0.25, 0.3) is 15.9 Å². The second kappa shape index (κ2) is 8.05. The van der Waals surface area contributed by atoms with Crippen molar-refractivity contribution in [3.05, 3.63) is 45.1 Å². The lowest BCUT2D eigenvalue weighted by Gasteiger charge is -2.32. The lowest BCUT2D eigenvalue weighted by molar-refractivity contribution is -0.115. The number of hydrogen-bond acceptors (Lipinski definition) is 7. The molecule has 0 fully saturated rings. The molecule has 1 atom stereocenters. The first-order valence-corrected chi connectivity index (χ1v) is 11.4. The molecule has 1 amide bonds. The van der Waals surface area contributed by atoms with Gasteiger partial charge in [0, 0.05) is 11.3 Å². The second-order valence-electron chi connectivity index (χ2n) is 7.44. The van der Waals surface area contributed by atoms with E-state index < -0.39 is 5.91 Å². The molecule has 1 aliphatic heterocycles. The summed E-state index contributed by atoms with van der Waals surface area (Å²) in [4.78, 5) is 31.5. The van der Waals surface area contributed by atoms with Crippen LogP contribution in [0.15, 0.2) is 34.2 Å². The van der Waals surface area contributed by atoms with Gasteiger partial charge in [-0.1, -0.05) is 18.7 Å². The van der Waals surface area contributed by atoms with Gasteiger partial charge in [0.1, 0.15) is 10.6 Å². The number of primary amides is 1. The number of methoxy groups -OCH3 is 1. The third-order valence-electron chi connectivity index (χ3n) is 5.40. The van der Waals surface area contributed by atoms with Gasteiger partial charge in [-0.15, -0.1) is 11.3 Å². The number of ether oxygens (including phenoxy) is 2. The monoisotopic (exact) mass is 445 g/mol. The first-order valence-electron chi connectivity index (χ1n) is 9.62. The Morgan fingerprint density at radius 1 is 1.40 bits per heavy atom. The van der Waals surface area contributed by atoms with Gasteiger partial charge in [-0.05, 0) is 43.2 Å². The summed E-state index contributed by atoms with van der Waals surface area (Å²) in [7, 11) is 1.59. The molecule has 0 unspecified atom stereocenters. The average Bonchev–Trinajstić information content (AvgIpc) is 3.10. The lowest BCUT2D eigenvalue weighted by atomic mass is 9.90. The van der Waals surface area contributed by atoms with E-state index in [-0.39, 0.29) is 16.9 Å². The van der Waals surface area contributed by atoms with Crippen molar-refractivity contribution in [1.29, 1.82) is 0 Å². The Kier molecular flexibility index (Phi) is 5.61. The SMILES string of the molecule is CC[C@@]1(C)Cc2c(sc3nc(SCC(N)=O)n(-c4ccc(OC)cc4)c(=O)c23)CO1. The van der Waals surface area contributed by atoms with E-state index in [4.69, 9.17) is 20.2 Å². The molecular weight excluding hydrogens is 422 g/mol. The highest BCUT2D eigenvalue weighted by molar-refractivity contribution is 7.99. The van der Waals surface area contributed by atoms with Crippen LogP contribution in [0.5, 0.6) is 5.75 Å². The molecule has 0 saturated heterocycles. The first-order chi connectivity index (χ1) is 14.3. The summed E-state index contributed by atoms with van der Waals surface area (Å²) < 4.78 is 12.8. The molecule has 9 heteroatoms. The van der Waals surface area contributed by atoms with E-state index in [9.17, 15) is 9.59 Å². The number of thioether (sulfide) groups is 1. The van der Waals surface area contributed by atoms with Crippen molar-refractivity contribution < 1.29 is 14.3 Å². The zero-order valence-corrected chi connectivity index (χ0v) is 18.7. The highest BCUT2D eigenvalue weighted by Crippen LogP contribution is 2.39. The number of amides is 1. The fraction of sp³-hybridized carbons (Fsp3) is 0.381. The van der Waals surface area contributed by atoms with Crippen molar-refractivity contribution >= 4 is 39.2 Å². The molecule has 2 N–H and O–H groups in total. The van der Waals surface area contributed by atoms with Gasteiger partial charge in [-0.3, -0.25) is 14.2 Å². The number of rotatable bonds is 6. The number of hydrogen-bond donors (Lipinski definition) is 1. The van der Waals surface area contributed by atoms with Gasteiger partial charge in [0.25, 0.3) is 5.56 Å². The Morgan fingerprint density at radius 3 is 2.77 bits per heavy atom. The molecule has 0 radical (unpaired) electrons. The molecule has 7 nitrogen and oxygen atoms in total. The van der Waals surface area contributed by atoms with Gasteiger partial charge in [0.15, 0.2) is 5.16 Å². The predicted octanol–water partition coefficient (Wildman–Crippen LogP) is 3.27. The quantitative estimate of drug-likeness (QED) is 0.462. The van der Waals surface area contributed by atoms with E-state index in [0.29, 0.717) is 39.8 Å². The van der Waals surface area contributed by atoms with E-state index >= 15 is 0 Å². The zero-order valence-electron chi connectivity index (χ0n) is 17.1. The molecule has 1 aromatic carbocycles. The van der Waals surface area contributed by atoms with Gasteiger partial charge in [-0.2, -0.15) is 0 Å². The second-order valence-corrected chi connectivity index (χ2v) is 9.47. The van der Waals surface area contributed by atoms with Crippen LogP contribution in [0.4, 0.5) is 0 Å². The smallest absolute Gasteiger partial charge is 0.267 e. The summed E-state index contributed by atoms with van der Waals surface area (Å²) >= 11 is 2.65. The molecule has 0 saturated carbocycles. The molecule has 1 aliphatic rings. The topological polar surface area (TPSA) is 96.4 Å². The van der Waals surface area contributed by atoms with Gasteiger partial charge >= 0.3 is 0 Å². The Morgan fingerprint density at radius 2 is 2.13 bits per heavy atom. The molecule has 30 heavy (non-hydrogen) atoms. The molecule has 3 aromatic rings. The number of aromatic nitrogens is 2. The van der Waals surface area contributed by atoms with Crippen LogP contribution >= 0.6 is 23.1 Å². The Hall–Kier alpha value is -2.36. The van der Waals surface area contributed by atoms with E-state index in [1.54, 1.807) is 35.9 Å². The van der Waals surface area contributed by atoms with Crippen LogP contribution in [0.1, 0.15) is 30.7 Å². The minimum absolute atomic E-state index is 0.0379. The number of fused-ring (bicyclic) bond motifs is 3. The lowest BCUT2D eigenvalue weighted by Crippen LogP contribution is -2.34. The summed E-state index contributed by atoms with van der Waals surface area (Å²) in [6.45, 7) is 4.64. The van der Waals surface area contributed by atoms with Crippen molar-refractivity contribution in [1.82, 2.24) is 9.55 Å². The number of nitrogens with zero attached hydrogens (tertiary/aromatic N) is 2. The van der Waals surface area contributed by atoms with Crippen molar-refractivity contribution in [2.75, 3.05) is 12.9 Å². The van der Waals surface area contributed by atoms with E-state index in [2.05, 4.69) is 13.8 Å². The van der Waals surface area contributed by atoms with E-state index in [0.717, 1.165) is 28.6 Å². The fourth-order valence-electron chi connectivity index (χ4n) is 3.52. The van der Waals surface area contributed by atoms with Crippen molar-refractivity contribution in [3.8, 4) is 11.4 Å². The number of benzene rings is 1. The minimum Gasteiger partial charge on any atom is -0.497 e. The van der Waals surface area contributed by atoms with E-state index in [1.807, 2.05) is 0 Å². The number of thiophene rings is 1. The van der Waals surface area contributed by atoms with Crippen molar-refractivity contribution in [2.24, 2.45) is 5.73 Å². The summed E-state index contributed by atoms with van der Waals surface area (Å²) in [5, 5.41) is 1.08. The normalized spacial score (nSPS) is 18.4. The molecule has 0 aliphatic carbocycles. The van der Waals surface area contributed by atoms with Crippen molar-refractivity contribution in [3.63, 3.8) is 0 Å². The highest BCUT2D eigenvalue weighted by Gasteiger charge is 2.33. The zero-order chi connectivity index (χ0) is 21.5. The number of nitrogens with two attached hydrogens (primary N) is 1. The highest BCUT2D eigenvalue weighted by atomic mass is 32.2. The third-order valence-corrected chi connectivity index (χ3v) is 7.46. The van der Waals surface area contributed by atoms with Gasteiger partial charge < -0.3 is 15.2 Å².